The first-order chi connectivity index (χ1) is 12.3. The van der Waals surface area contributed by atoms with Gasteiger partial charge in [0.2, 0.25) is 5.65 Å². The maximum Gasteiger partial charge on any atom is 0.201 e. The van der Waals surface area contributed by atoms with E-state index in [0.29, 0.717) is 5.65 Å². The highest BCUT2D eigenvalue weighted by Crippen LogP contribution is 2.31. The molecule has 0 bridgehead atoms. The SMILES string of the molecule is Cc1nn(CC2CCC2)c2ccc(Nc3[nH]nc4nccnc34)cc12. The van der Waals surface area contributed by atoms with E-state index in [1.807, 2.05) is 0 Å². The fourth-order valence-electron chi connectivity index (χ4n) is 3.46. The number of aryl methyl sites for hydroxylation is 1. The zero-order valence-electron chi connectivity index (χ0n) is 14.0. The van der Waals surface area contributed by atoms with Gasteiger partial charge in [0.1, 0.15) is 0 Å². The van der Waals surface area contributed by atoms with Crippen LogP contribution < -0.4 is 5.32 Å². The van der Waals surface area contributed by atoms with Crippen molar-refractivity contribution in [3.05, 3.63) is 36.3 Å². The summed E-state index contributed by atoms with van der Waals surface area (Å²) >= 11 is 0. The summed E-state index contributed by atoms with van der Waals surface area (Å²) in [6.45, 7) is 3.10. The van der Waals surface area contributed by atoms with Gasteiger partial charge < -0.3 is 5.32 Å². The van der Waals surface area contributed by atoms with Gasteiger partial charge in [0, 0.05) is 30.0 Å². The van der Waals surface area contributed by atoms with Gasteiger partial charge in [-0.25, -0.2) is 9.97 Å². The molecule has 0 aliphatic heterocycles. The van der Waals surface area contributed by atoms with Crippen LogP contribution in [-0.2, 0) is 6.54 Å². The van der Waals surface area contributed by atoms with Crippen LogP contribution in [0.25, 0.3) is 22.1 Å². The van der Waals surface area contributed by atoms with E-state index in [-0.39, 0.29) is 0 Å². The van der Waals surface area contributed by atoms with Crippen molar-refractivity contribution in [1.29, 1.82) is 0 Å². The maximum absolute atomic E-state index is 4.75. The lowest BCUT2D eigenvalue weighted by Crippen LogP contribution is -2.18. The molecule has 1 saturated carbocycles. The summed E-state index contributed by atoms with van der Waals surface area (Å²) in [7, 11) is 0. The van der Waals surface area contributed by atoms with Crippen molar-refractivity contribution >= 4 is 33.6 Å². The summed E-state index contributed by atoms with van der Waals surface area (Å²) < 4.78 is 2.16. The largest absolute Gasteiger partial charge is 0.339 e. The number of H-pyrrole nitrogens is 1. The molecule has 7 heteroatoms. The third-order valence-corrected chi connectivity index (χ3v) is 5.05. The molecule has 1 aliphatic carbocycles. The number of hydrogen-bond donors (Lipinski definition) is 2. The fraction of sp³-hybridized carbons (Fsp3) is 0.333. The first kappa shape index (κ1) is 14.4. The number of aromatic nitrogens is 6. The molecular formula is C18H19N7. The van der Waals surface area contributed by atoms with Crippen molar-refractivity contribution in [2.24, 2.45) is 5.92 Å². The zero-order valence-corrected chi connectivity index (χ0v) is 14.0. The van der Waals surface area contributed by atoms with E-state index in [1.54, 1.807) is 12.4 Å². The second-order valence-electron chi connectivity index (χ2n) is 6.75. The Morgan fingerprint density at radius 1 is 1.24 bits per heavy atom. The van der Waals surface area contributed by atoms with Crippen molar-refractivity contribution in [3.8, 4) is 0 Å². The highest BCUT2D eigenvalue weighted by Gasteiger charge is 2.20. The lowest BCUT2D eigenvalue weighted by atomic mass is 9.85. The standard InChI is InChI=1S/C18H19N7/c1-11-14-9-13(21-18-16-17(22-23-18)20-8-7-19-16)5-6-15(14)25(24-11)10-12-3-2-4-12/h5-9,12H,2-4,10H2,1H3,(H2,20,21,22,23). The molecule has 3 aromatic heterocycles. The molecule has 3 heterocycles. The number of nitrogens with zero attached hydrogens (tertiary/aromatic N) is 5. The summed E-state index contributed by atoms with van der Waals surface area (Å²) in [5.74, 6) is 1.54. The van der Waals surface area contributed by atoms with E-state index in [2.05, 4.69) is 55.3 Å². The predicted molar refractivity (Wildman–Crippen MR) is 96.8 cm³/mol. The Morgan fingerprint density at radius 3 is 2.96 bits per heavy atom. The van der Waals surface area contributed by atoms with Crippen molar-refractivity contribution in [3.63, 3.8) is 0 Å². The van der Waals surface area contributed by atoms with Crippen LogP contribution in [-0.4, -0.2) is 29.9 Å². The molecule has 25 heavy (non-hydrogen) atoms. The van der Waals surface area contributed by atoms with Crippen molar-refractivity contribution in [2.45, 2.75) is 32.7 Å². The average molecular weight is 333 g/mol. The summed E-state index contributed by atoms with van der Waals surface area (Å²) in [4.78, 5) is 8.53. The maximum atomic E-state index is 4.75. The number of benzene rings is 1. The molecule has 0 saturated heterocycles. The number of fused-ring (bicyclic) bond motifs is 2. The molecule has 5 rings (SSSR count). The molecule has 1 aromatic carbocycles. The van der Waals surface area contributed by atoms with Crippen LogP contribution in [0.2, 0.25) is 0 Å². The van der Waals surface area contributed by atoms with E-state index >= 15 is 0 Å². The van der Waals surface area contributed by atoms with Gasteiger partial charge in [-0.15, -0.1) is 0 Å². The van der Waals surface area contributed by atoms with Gasteiger partial charge in [0.25, 0.3) is 0 Å². The normalized spacial score (nSPS) is 14.9. The zero-order chi connectivity index (χ0) is 16.8. The van der Waals surface area contributed by atoms with Crippen LogP contribution in [0.3, 0.4) is 0 Å². The first-order valence-corrected chi connectivity index (χ1v) is 8.67. The molecule has 2 N–H and O–H groups in total. The van der Waals surface area contributed by atoms with Gasteiger partial charge in [0.05, 0.1) is 11.2 Å². The summed E-state index contributed by atoms with van der Waals surface area (Å²) in [6.07, 6.45) is 7.32. The topological polar surface area (TPSA) is 84.3 Å². The minimum Gasteiger partial charge on any atom is -0.339 e. The van der Waals surface area contributed by atoms with E-state index < -0.39 is 0 Å². The second-order valence-corrected chi connectivity index (χ2v) is 6.75. The highest BCUT2D eigenvalue weighted by atomic mass is 15.3. The summed E-state index contributed by atoms with van der Waals surface area (Å²) in [6, 6.07) is 6.35. The quantitative estimate of drug-likeness (QED) is 0.596. The van der Waals surface area contributed by atoms with E-state index in [1.165, 1.54) is 30.2 Å². The van der Waals surface area contributed by atoms with Crippen LogP contribution >= 0.6 is 0 Å². The molecule has 1 aliphatic rings. The molecular weight excluding hydrogens is 314 g/mol. The average Bonchev–Trinajstić information content (AvgIpc) is 3.13. The van der Waals surface area contributed by atoms with Gasteiger partial charge in [0.15, 0.2) is 11.3 Å². The highest BCUT2D eigenvalue weighted by molar-refractivity contribution is 5.89. The molecule has 0 amide bonds. The van der Waals surface area contributed by atoms with Crippen LogP contribution in [0.4, 0.5) is 11.5 Å². The number of hydrogen-bond acceptors (Lipinski definition) is 5. The lowest BCUT2D eigenvalue weighted by molar-refractivity contribution is 0.269. The van der Waals surface area contributed by atoms with Gasteiger partial charge in [-0.2, -0.15) is 10.2 Å². The molecule has 0 spiro atoms. The van der Waals surface area contributed by atoms with E-state index in [0.717, 1.165) is 35.2 Å². The van der Waals surface area contributed by atoms with Crippen molar-refractivity contribution in [2.75, 3.05) is 5.32 Å². The Hall–Kier alpha value is -2.96. The molecule has 1 fully saturated rings. The Kier molecular flexibility index (Phi) is 3.19. The predicted octanol–water partition coefficient (Wildman–Crippen LogP) is 3.55. The third-order valence-electron chi connectivity index (χ3n) is 5.05. The number of rotatable bonds is 4. The van der Waals surface area contributed by atoms with Crippen LogP contribution in [0, 0.1) is 12.8 Å². The van der Waals surface area contributed by atoms with Gasteiger partial charge in [-0.05, 0) is 43.9 Å². The number of anilines is 2. The Labute approximate surface area is 144 Å². The third kappa shape index (κ3) is 2.43. The van der Waals surface area contributed by atoms with Gasteiger partial charge >= 0.3 is 0 Å². The monoisotopic (exact) mass is 333 g/mol. The molecule has 7 nitrogen and oxygen atoms in total. The smallest absolute Gasteiger partial charge is 0.201 e. The summed E-state index contributed by atoms with van der Waals surface area (Å²) in [5.41, 5.74) is 4.59. The second kappa shape index (κ2) is 5.54. The summed E-state index contributed by atoms with van der Waals surface area (Å²) in [5, 5.41) is 16.4. The van der Waals surface area contributed by atoms with Crippen LogP contribution in [0.15, 0.2) is 30.6 Å². The minimum absolute atomic E-state index is 0.607. The Morgan fingerprint density at radius 2 is 2.12 bits per heavy atom. The fourth-order valence-corrected chi connectivity index (χ4v) is 3.46. The van der Waals surface area contributed by atoms with Crippen molar-refractivity contribution < 1.29 is 0 Å². The van der Waals surface area contributed by atoms with E-state index in [9.17, 15) is 0 Å². The van der Waals surface area contributed by atoms with Gasteiger partial charge in [-0.1, -0.05) is 6.42 Å². The molecule has 0 unspecified atom stereocenters. The minimum atomic E-state index is 0.607. The molecule has 0 atom stereocenters. The van der Waals surface area contributed by atoms with Crippen molar-refractivity contribution in [1.82, 2.24) is 29.9 Å². The number of nitrogens with one attached hydrogen (secondary N) is 2. The number of aromatic amines is 1. The molecule has 0 radical (unpaired) electrons. The van der Waals surface area contributed by atoms with Gasteiger partial charge in [-0.3, -0.25) is 9.78 Å². The first-order valence-electron chi connectivity index (χ1n) is 8.67. The van der Waals surface area contributed by atoms with E-state index in [4.69, 9.17) is 5.10 Å². The Balaban J connectivity index is 1.49. The van der Waals surface area contributed by atoms with Crippen LogP contribution in [0.1, 0.15) is 25.0 Å². The van der Waals surface area contributed by atoms with Crippen LogP contribution in [0.5, 0.6) is 0 Å². The Bertz CT molecular complexity index is 1060. The molecule has 126 valence electrons. The molecule has 4 aromatic rings. The lowest BCUT2D eigenvalue weighted by Gasteiger charge is -2.25.